The van der Waals surface area contributed by atoms with Gasteiger partial charge in [0.15, 0.2) is 0 Å². The van der Waals surface area contributed by atoms with Gasteiger partial charge in [-0.1, -0.05) is 18.5 Å². The minimum atomic E-state index is 0.0566. The van der Waals surface area contributed by atoms with Crippen molar-refractivity contribution in [3.05, 3.63) is 29.3 Å². The van der Waals surface area contributed by atoms with E-state index < -0.39 is 0 Å². The quantitative estimate of drug-likeness (QED) is 0.565. The second kappa shape index (κ2) is 5.30. The Bertz CT molecular complexity index is 271. The van der Waals surface area contributed by atoms with E-state index in [9.17, 15) is 4.79 Å². The molecule has 0 aliphatic carbocycles. The number of aldehydes is 1. The van der Waals surface area contributed by atoms with Crippen LogP contribution in [0.2, 0.25) is 5.02 Å². The van der Waals surface area contributed by atoms with E-state index in [4.69, 9.17) is 11.6 Å². The van der Waals surface area contributed by atoms with Crippen molar-refractivity contribution in [3.8, 4) is 0 Å². The van der Waals surface area contributed by atoms with Crippen LogP contribution in [0.15, 0.2) is 29.2 Å². The SMILES string of the molecule is CCC(C=O)Sc1ccc(Cl)cc1. The molecule has 0 radical (unpaired) electrons. The Balaban J connectivity index is 2.63. The molecule has 70 valence electrons. The molecule has 0 saturated heterocycles. The molecule has 1 nitrogen and oxygen atoms in total. The van der Waals surface area contributed by atoms with Gasteiger partial charge in [0, 0.05) is 9.92 Å². The third kappa shape index (κ3) is 3.41. The van der Waals surface area contributed by atoms with Gasteiger partial charge in [-0.25, -0.2) is 0 Å². The van der Waals surface area contributed by atoms with E-state index in [2.05, 4.69) is 0 Å². The Morgan fingerprint density at radius 1 is 1.46 bits per heavy atom. The second-order valence-corrected chi connectivity index (χ2v) is 4.40. The van der Waals surface area contributed by atoms with E-state index in [-0.39, 0.29) is 5.25 Å². The maximum Gasteiger partial charge on any atom is 0.133 e. The van der Waals surface area contributed by atoms with Crippen LogP contribution in [-0.2, 0) is 4.79 Å². The Hall–Kier alpha value is -0.470. The Labute approximate surface area is 87.5 Å². The summed E-state index contributed by atoms with van der Waals surface area (Å²) in [7, 11) is 0. The van der Waals surface area contributed by atoms with Gasteiger partial charge >= 0.3 is 0 Å². The summed E-state index contributed by atoms with van der Waals surface area (Å²) in [6.07, 6.45) is 1.84. The first-order valence-corrected chi connectivity index (χ1v) is 5.39. The van der Waals surface area contributed by atoms with Crippen LogP contribution in [-0.4, -0.2) is 11.5 Å². The molecule has 0 N–H and O–H groups in total. The lowest BCUT2D eigenvalue weighted by Crippen LogP contribution is -2.00. The first-order valence-electron chi connectivity index (χ1n) is 4.13. The molecular weight excluding hydrogens is 204 g/mol. The van der Waals surface area contributed by atoms with E-state index >= 15 is 0 Å². The summed E-state index contributed by atoms with van der Waals surface area (Å²) in [6, 6.07) is 7.53. The molecule has 0 aliphatic rings. The van der Waals surface area contributed by atoms with Crippen molar-refractivity contribution in [1.29, 1.82) is 0 Å². The van der Waals surface area contributed by atoms with Gasteiger partial charge in [-0.2, -0.15) is 0 Å². The fourth-order valence-corrected chi connectivity index (χ4v) is 1.89. The van der Waals surface area contributed by atoms with Crippen LogP contribution in [0.4, 0.5) is 0 Å². The topological polar surface area (TPSA) is 17.1 Å². The summed E-state index contributed by atoms with van der Waals surface area (Å²) < 4.78 is 0. The van der Waals surface area contributed by atoms with Gasteiger partial charge in [-0.3, -0.25) is 0 Å². The molecule has 13 heavy (non-hydrogen) atoms. The number of carbonyl (C=O) groups is 1. The second-order valence-electron chi connectivity index (χ2n) is 2.65. The highest BCUT2D eigenvalue weighted by molar-refractivity contribution is 8.00. The van der Waals surface area contributed by atoms with Crippen LogP contribution in [0.3, 0.4) is 0 Å². The van der Waals surface area contributed by atoms with Crippen molar-refractivity contribution < 1.29 is 4.79 Å². The van der Waals surface area contributed by atoms with Crippen LogP contribution >= 0.6 is 23.4 Å². The Kier molecular flexibility index (Phi) is 4.33. The third-order valence-corrected chi connectivity index (χ3v) is 3.20. The maximum atomic E-state index is 10.6. The van der Waals surface area contributed by atoms with Crippen molar-refractivity contribution in [1.82, 2.24) is 0 Å². The maximum absolute atomic E-state index is 10.6. The number of carbonyl (C=O) groups excluding carboxylic acids is 1. The highest BCUT2D eigenvalue weighted by Crippen LogP contribution is 2.25. The molecule has 0 aromatic heterocycles. The number of benzene rings is 1. The van der Waals surface area contributed by atoms with E-state index in [1.165, 1.54) is 0 Å². The van der Waals surface area contributed by atoms with E-state index in [0.29, 0.717) is 0 Å². The zero-order valence-electron chi connectivity index (χ0n) is 7.37. The van der Waals surface area contributed by atoms with E-state index in [0.717, 1.165) is 22.6 Å². The summed E-state index contributed by atoms with van der Waals surface area (Å²) in [5, 5.41) is 0.782. The highest BCUT2D eigenvalue weighted by Gasteiger charge is 2.05. The smallest absolute Gasteiger partial charge is 0.133 e. The zero-order chi connectivity index (χ0) is 9.68. The summed E-state index contributed by atoms with van der Waals surface area (Å²) in [4.78, 5) is 11.6. The molecule has 1 aromatic rings. The lowest BCUT2D eigenvalue weighted by molar-refractivity contribution is -0.107. The Morgan fingerprint density at radius 2 is 2.08 bits per heavy atom. The van der Waals surface area contributed by atoms with Gasteiger partial charge in [0.1, 0.15) is 6.29 Å². The molecule has 3 heteroatoms. The molecule has 0 saturated carbocycles. The van der Waals surface area contributed by atoms with Crippen LogP contribution < -0.4 is 0 Å². The average molecular weight is 215 g/mol. The van der Waals surface area contributed by atoms with Crippen molar-refractivity contribution in [2.45, 2.75) is 23.5 Å². The van der Waals surface area contributed by atoms with Crippen molar-refractivity contribution in [2.75, 3.05) is 0 Å². The van der Waals surface area contributed by atoms with Crippen LogP contribution in [0.1, 0.15) is 13.3 Å². The monoisotopic (exact) mass is 214 g/mol. The molecule has 0 fully saturated rings. The summed E-state index contributed by atoms with van der Waals surface area (Å²) in [6.45, 7) is 2.00. The van der Waals surface area contributed by atoms with Crippen LogP contribution in [0, 0.1) is 0 Å². The fraction of sp³-hybridized carbons (Fsp3) is 0.300. The van der Waals surface area contributed by atoms with Crippen LogP contribution in [0.25, 0.3) is 0 Å². The third-order valence-electron chi connectivity index (χ3n) is 1.66. The first-order chi connectivity index (χ1) is 6.26. The zero-order valence-corrected chi connectivity index (χ0v) is 8.94. The number of halogens is 1. The Morgan fingerprint density at radius 3 is 2.54 bits per heavy atom. The number of hydrogen-bond acceptors (Lipinski definition) is 2. The lowest BCUT2D eigenvalue weighted by Gasteiger charge is -2.06. The molecule has 1 aromatic carbocycles. The molecular formula is C10H11ClOS. The molecule has 1 rings (SSSR count). The molecule has 1 unspecified atom stereocenters. The predicted molar refractivity (Wildman–Crippen MR) is 57.5 cm³/mol. The highest BCUT2D eigenvalue weighted by atomic mass is 35.5. The van der Waals surface area contributed by atoms with Gasteiger partial charge in [0.2, 0.25) is 0 Å². The minimum Gasteiger partial charge on any atom is -0.302 e. The van der Waals surface area contributed by atoms with E-state index in [1.54, 1.807) is 11.8 Å². The first kappa shape index (κ1) is 10.6. The van der Waals surface area contributed by atoms with Gasteiger partial charge < -0.3 is 4.79 Å². The minimum absolute atomic E-state index is 0.0566. The molecule has 0 amide bonds. The summed E-state index contributed by atoms with van der Waals surface area (Å²) in [5.74, 6) is 0. The largest absolute Gasteiger partial charge is 0.302 e. The standard InChI is InChI=1S/C10H11ClOS/c1-2-9(7-12)13-10-5-3-8(11)4-6-10/h3-7,9H,2H2,1H3. The van der Waals surface area contributed by atoms with E-state index in [1.807, 2.05) is 31.2 Å². The summed E-state index contributed by atoms with van der Waals surface area (Å²) >= 11 is 7.31. The predicted octanol–water partition coefficient (Wildman–Crippen LogP) is 3.41. The van der Waals surface area contributed by atoms with Crippen LogP contribution in [0.5, 0.6) is 0 Å². The number of thioether (sulfide) groups is 1. The van der Waals surface area contributed by atoms with Gasteiger partial charge in [-0.05, 0) is 30.7 Å². The van der Waals surface area contributed by atoms with Crippen molar-refractivity contribution in [3.63, 3.8) is 0 Å². The molecule has 1 atom stereocenters. The van der Waals surface area contributed by atoms with Crippen molar-refractivity contribution in [2.24, 2.45) is 0 Å². The van der Waals surface area contributed by atoms with Gasteiger partial charge in [0.25, 0.3) is 0 Å². The molecule has 0 spiro atoms. The van der Waals surface area contributed by atoms with Crippen molar-refractivity contribution >= 4 is 29.6 Å². The lowest BCUT2D eigenvalue weighted by atomic mass is 10.4. The fourth-order valence-electron chi connectivity index (χ4n) is 0.895. The normalized spacial score (nSPS) is 12.5. The van der Waals surface area contributed by atoms with Gasteiger partial charge in [-0.15, -0.1) is 11.8 Å². The number of hydrogen-bond donors (Lipinski definition) is 0. The average Bonchev–Trinajstić information content (AvgIpc) is 2.17. The summed E-state index contributed by atoms with van der Waals surface area (Å²) in [5.41, 5.74) is 0. The molecule has 0 aliphatic heterocycles. The van der Waals surface area contributed by atoms with Gasteiger partial charge in [0.05, 0.1) is 5.25 Å². The molecule has 0 bridgehead atoms. The number of rotatable bonds is 4. The molecule has 0 heterocycles.